The first-order chi connectivity index (χ1) is 19.2. The van der Waals surface area contributed by atoms with Gasteiger partial charge in [0.1, 0.15) is 11.9 Å². The van der Waals surface area contributed by atoms with Crippen molar-refractivity contribution in [1.29, 1.82) is 10.5 Å². The van der Waals surface area contributed by atoms with Crippen LogP contribution in [0, 0.1) is 28.5 Å². The number of likely N-dealkylation sites (tertiary alicyclic amines) is 1. The van der Waals surface area contributed by atoms with Crippen LogP contribution in [0.2, 0.25) is 0 Å². The van der Waals surface area contributed by atoms with Crippen LogP contribution in [0.15, 0.2) is 66.7 Å². The lowest BCUT2D eigenvalue weighted by atomic mass is 9.97. The quantitative estimate of drug-likeness (QED) is 0.430. The standard InChI is InChI=1S/C30H27FN6O3/c1-40-23-13-27(37(17-23)29(39)35-22-8-5-18(15-32)6-9-22)28(38)36-26-12-20(7-10-25(26)31)24-14-30(24,34)21-4-2-3-19(11-21)16-33/h2-12,23-24,27H,13-14,17,34H2,1H3,(H,35,39)(H,36,38)/t23-,24?,27-,30?/m1/s1. The molecule has 2 aliphatic rings. The third kappa shape index (κ3) is 5.23. The van der Waals surface area contributed by atoms with E-state index in [-0.39, 0.29) is 30.7 Å². The van der Waals surface area contributed by atoms with Gasteiger partial charge in [0, 0.05) is 37.2 Å². The number of hydrogen-bond acceptors (Lipinski definition) is 6. The summed E-state index contributed by atoms with van der Waals surface area (Å²) in [6.07, 6.45) is 0.489. The monoisotopic (exact) mass is 538 g/mol. The fourth-order valence-electron chi connectivity index (χ4n) is 5.23. The summed E-state index contributed by atoms with van der Waals surface area (Å²) >= 11 is 0. The maximum Gasteiger partial charge on any atom is 0.322 e. The van der Waals surface area contributed by atoms with Gasteiger partial charge in [-0.15, -0.1) is 0 Å². The van der Waals surface area contributed by atoms with Crippen molar-refractivity contribution in [2.24, 2.45) is 5.73 Å². The van der Waals surface area contributed by atoms with Crippen LogP contribution in [0.5, 0.6) is 0 Å². The van der Waals surface area contributed by atoms with Gasteiger partial charge in [-0.2, -0.15) is 10.5 Å². The van der Waals surface area contributed by atoms with Crippen molar-refractivity contribution in [1.82, 2.24) is 4.90 Å². The number of rotatable bonds is 6. The Morgan fingerprint density at radius 2 is 1.80 bits per heavy atom. The fourth-order valence-corrected chi connectivity index (χ4v) is 5.23. The Bertz CT molecular complexity index is 1550. The van der Waals surface area contributed by atoms with E-state index in [9.17, 15) is 19.2 Å². The van der Waals surface area contributed by atoms with Crippen LogP contribution in [-0.4, -0.2) is 42.6 Å². The number of nitrogens with two attached hydrogens (primary N) is 1. The summed E-state index contributed by atoms with van der Waals surface area (Å²) in [5, 5.41) is 23.6. The zero-order valence-corrected chi connectivity index (χ0v) is 21.7. The molecule has 1 saturated carbocycles. The van der Waals surface area contributed by atoms with Gasteiger partial charge < -0.3 is 26.0 Å². The molecule has 4 atom stereocenters. The second kappa shape index (κ2) is 10.8. The van der Waals surface area contributed by atoms with E-state index in [1.54, 1.807) is 54.6 Å². The molecule has 1 aliphatic heterocycles. The van der Waals surface area contributed by atoms with Gasteiger partial charge in [0.05, 0.1) is 35.1 Å². The summed E-state index contributed by atoms with van der Waals surface area (Å²) in [5.74, 6) is -1.26. The minimum absolute atomic E-state index is 0.00385. The lowest BCUT2D eigenvalue weighted by Crippen LogP contribution is -2.45. The SMILES string of the molecule is CO[C@@H]1C[C@H](C(=O)Nc2cc(C3CC3(N)c3cccc(C#N)c3)ccc2F)N(C(=O)Nc2ccc(C#N)cc2)C1. The molecule has 40 heavy (non-hydrogen) atoms. The predicted molar refractivity (Wildman–Crippen MR) is 145 cm³/mol. The topological polar surface area (TPSA) is 144 Å². The molecule has 5 rings (SSSR count). The normalized spacial score (nSPS) is 23.1. The largest absolute Gasteiger partial charge is 0.380 e. The molecule has 3 amide bonds. The molecule has 4 N–H and O–H groups in total. The molecule has 1 heterocycles. The summed E-state index contributed by atoms with van der Waals surface area (Å²) in [7, 11) is 1.51. The molecule has 2 unspecified atom stereocenters. The molecule has 1 saturated heterocycles. The molecule has 0 aromatic heterocycles. The number of nitrogens with one attached hydrogen (secondary N) is 2. The lowest BCUT2D eigenvalue weighted by Gasteiger charge is -2.24. The van der Waals surface area contributed by atoms with Gasteiger partial charge in [0.2, 0.25) is 5.91 Å². The number of amides is 3. The van der Waals surface area contributed by atoms with Crippen molar-refractivity contribution in [3.8, 4) is 12.1 Å². The van der Waals surface area contributed by atoms with E-state index in [0.717, 1.165) is 11.1 Å². The zero-order valence-electron chi connectivity index (χ0n) is 21.7. The van der Waals surface area contributed by atoms with Crippen LogP contribution < -0.4 is 16.4 Å². The van der Waals surface area contributed by atoms with Crippen molar-refractivity contribution in [3.63, 3.8) is 0 Å². The van der Waals surface area contributed by atoms with E-state index in [1.165, 1.54) is 18.1 Å². The minimum Gasteiger partial charge on any atom is -0.380 e. The van der Waals surface area contributed by atoms with Crippen molar-refractivity contribution in [3.05, 3.63) is 94.8 Å². The van der Waals surface area contributed by atoms with Crippen molar-refractivity contribution < 1.29 is 18.7 Å². The lowest BCUT2D eigenvalue weighted by molar-refractivity contribution is -0.119. The summed E-state index contributed by atoms with van der Waals surface area (Å²) < 4.78 is 20.3. The highest BCUT2D eigenvalue weighted by Crippen LogP contribution is 2.56. The Balaban J connectivity index is 1.31. The fraction of sp³-hybridized carbons (Fsp3) is 0.267. The summed E-state index contributed by atoms with van der Waals surface area (Å²) in [5.41, 5.74) is 8.98. The average Bonchev–Trinajstić information content (AvgIpc) is 3.47. The number of ether oxygens (including phenoxy) is 1. The molecule has 1 aliphatic carbocycles. The van der Waals surface area contributed by atoms with Crippen molar-refractivity contribution in [2.45, 2.75) is 36.4 Å². The van der Waals surface area contributed by atoms with E-state index in [4.69, 9.17) is 15.7 Å². The Labute approximate surface area is 230 Å². The van der Waals surface area contributed by atoms with Gasteiger partial charge in [-0.3, -0.25) is 4.79 Å². The van der Waals surface area contributed by atoms with Crippen molar-refractivity contribution >= 4 is 23.3 Å². The summed E-state index contributed by atoms with van der Waals surface area (Å²) in [6.45, 7) is 0.179. The Kier molecular flexibility index (Phi) is 7.22. The number of carbonyl (C=O) groups is 2. The first-order valence-corrected chi connectivity index (χ1v) is 12.8. The maximum atomic E-state index is 14.8. The smallest absolute Gasteiger partial charge is 0.322 e. The number of benzene rings is 3. The molecule has 9 nitrogen and oxygen atoms in total. The minimum atomic E-state index is -0.894. The maximum absolute atomic E-state index is 14.8. The number of carbonyl (C=O) groups excluding carboxylic acids is 2. The van der Waals surface area contributed by atoms with Gasteiger partial charge >= 0.3 is 6.03 Å². The third-order valence-electron chi connectivity index (χ3n) is 7.61. The van der Waals surface area contributed by atoms with E-state index in [2.05, 4.69) is 16.7 Å². The molecular formula is C30H27FN6O3. The Morgan fingerprint density at radius 3 is 2.50 bits per heavy atom. The van der Waals surface area contributed by atoms with Crippen LogP contribution in [0.4, 0.5) is 20.6 Å². The zero-order chi connectivity index (χ0) is 28.4. The number of anilines is 2. The molecule has 0 bridgehead atoms. The number of urea groups is 1. The molecular weight excluding hydrogens is 511 g/mol. The first kappa shape index (κ1) is 26.8. The van der Waals surface area contributed by atoms with Gasteiger partial charge in [-0.05, 0) is 66.1 Å². The van der Waals surface area contributed by atoms with Crippen LogP contribution in [0.25, 0.3) is 0 Å². The van der Waals surface area contributed by atoms with Gasteiger partial charge in [-0.25, -0.2) is 9.18 Å². The molecule has 10 heteroatoms. The van der Waals surface area contributed by atoms with Crippen LogP contribution >= 0.6 is 0 Å². The molecule has 0 spiro atoms. The number of halogens is 1. The Morgan fingerprint density at radius 1 is 1.05 bits per heavy atom. The average molecular weight is 539 g/mol. The highest BCUT2D eigenvalue weighted by molar-refractivity contribution is 6.00. The molecule has 202 valence electrons. The van der Waals surface area contributed by atoms with E-state index >= 15 is 0 Å². The molecule has 2 fully saturated rings. The summed E-state index contributed by atoms with van der Waals surface area (Å²) in [6, 6.07) is 20.7. The van der Waals surface area contributed by atoms with Gasteiger partial charge in [0.15, 0.2) is 0 Å². The van der Waals surface area contributed by atoms with E-state index in [1.807, 2.05) is 12.1 Å². The second-order valence-electron chi connectivity index (χ2n) is 10.1. The number of nitriles is 2. The molecule has 3 aromatic rings. The Hall–Kier alpha value is -4.77. The molecule has 0 radical (unpaired) electrons. The van der Waals surface area contributed by atoms with Crippen LogP contribution in [0.1, 0.15) is 41.0 Å². The van der Waals surface area contributed by atoms with E-state index in [0.29, 0.717) is 23.2 Å². The highest BCUT2D eigenvalue weighted by Gasteiger charge is 2.53. The van der Waals surface area contributed by atoms with Gasteiger partial charge in [0.25, 0.3) is 0 Å². The van der Waals surface area contributed by atoms with E-state index < -0.39 is 29.3 Å². The first-order valence-electron chi connectivity index (χ1n) is 12.8. The number of nitrogens with zero attached hydrogens (tertiary/aromatic N) is 3. The third-order valence-corrected chi connectivity index (χ3v) is 7.61. The highest BCUT2D eigenvalue weighted by atomic mass is 19.1. The predicted octanol–water partition coefficient (Wildman–Crippen LogP) is 4.17. The molecule has 3 aromatic carbocycles. The second-order valence-corrected chi connectivity index (χ2v) is 10.1. The van der Waals surface area contributed by atoms with Crippen LogP contribution in [0.3, 0.4) is 0 Å². The van der Waals surface area contributed by atoms with Crippen LogP contribution in [-0.2, 0) is 15.1 Å². The number of hydrogen-bond donors (Lipinski definition) is 3. The van der Waals surface area contributed by atoms with Crippen molar-refractivity contribution in [2.75, 3.05) is 24.3 Å². The number of methoxy groups -OCH3 is 1. The van der Waals surface area contributed by atoms with Gasteiger partial charge in [-0.1, -0.05) is 18.2 Å². The summed E-state index contributed by atoms with van der Waals surface area (Å²) in [4.78, 5) is 27.8.